The van der Waals surface area contributed by atoms with Gasteiger partial charge in [-0.05, 0) is 79.9 Å². The van der Waals surface area contributed by atoms with Crippen molar-refractivity contribution in [1.29, 1.82) is 0 Å². The Bertz CT molecular complexity index is 524. The van der Waals surface area contributed by atoms with Crippen LogP contribution in [-0.4, -0.2) is 22.7 Å². The summed E-state index contributed by atoms with van der Waals surface area (Å²) in [5, 5.41) is 0.768. The maximum absolute atomic E-state index is 6.56. The fourth-order valence-electron chi connectivity index (χ4n) is 2.38. The lowest BCUT2D eigenvalue weighted by Crippen LogP contribution is -2.42. The van der Waals surface area contributed by atoms with Gasteiger partial charge in [-0.2, -0.15) is 0 Å². The molecule has 0 radical (unpaired) electrons. The molecule has 0 saturated heterocycles. The molecule has 0 bridgehead atoms. The monoisotopic (exact) mass is 484 g/mol. The molecule has 0 aliphatic carbocycles. The fourth-order valence-corrected chi connectivity index (χ4v) is 5.57. The molecule has 0 aliphatic rings. The van der Waals surface area contributed by atoms with Crippen LogP contribution in [0.2, 0.25) is 44.3 Å². The van der Waals surface area contributed by atoms with Crippen LogP contribution in [0.25, 0.3) is 0 Å². The van der Waals surface area contributed by atoms with Gasteiger partial charge >= 0.3 is 0 Å². The minimum atomic E-state index is -1.75. The zero-order valence-corrected chi connectivity index (χ0v) is 20.4. The Kier molecular flexibility index (Phi) is 7.82. The highest BCUT2D eigenvalue weighted by Gasteiger charge is 2.36. The van der Waals surface area contributed by atoms with E-state index in [4.69, 9.17) is 20.5 Å². The summed E-state index contributed by atoms with van der Waals surface area (Å²) >= 11 is 8.85. The van der Waals surface area contributed by atoms with Crippen LogP contribution in [0.1, 0.15) is 25.5 Å². The summed E-state index contributed by atoms with van der Waals surface area (Å²) in [4.78, 5) is 0. The van der Waals surface area contributed by atoms with E-state index in [9.17, 15) is 0 Å². The molecule has 1 rings (SSSR count). The van der Waals surface area contributed by atoms with Crippen molar-refractivity contribution in [3.63, 3.8) is 0 Å². The van der Waals surface area contributed by atoms with E-state index in [-0.39, 0.29) is 12.2 Å². The predicted molar refractivity (Wildman–Crippen MR) is 114 cm³/mol. The van der Waals surface area contributed by atoms with E-state index >= 15 is 0 Å². The number of rotatable bonds is 7. The number of halogens is 2. The van der Waals surface area contributed by atoms with Crippen molar-refractivity contribution in [2.45, 2.75) is 65.3 Å². The third kappa shape index (κ3) is 7.56. The zero-order valence-electron chi connectivity index (χ0n) is 15.5. The molecule has 0 aliphatic heterocycles. The van der Waals surface area contributed by atoms with Crippen LogP contribution in [0.3, 0.4) is 0 Å². The molecule has 1 aromatic rings. The summed E-state index contributed by atoms with van der Waals surface area (Å²) < 4.78 is 14.2. The minimum Gasteiger partial charge on any atom is -0.412 e. The van der Waals surface area contributed by atoms with Crippen molar-refractivity contribution < 1.29 is 8.85 Å². The molecular formula is C17H30ClIO2Si2. The SMILES string of the molecule is CC(C)[C@@H](O[Si](C)(C)C)[C@H](O[Si](C)(C)C)c1ccc(I)cc1Cl. The van der Waals surface area contributed by atoms with Crippen molar-refractivity contribution in [2.24, 2.45) is 5.92 Å². The van der Waals surface area contributed by atoms with Gasteiger partial charge in [0.2, 0.25) is 0 Å². The van der Waals surface area contributed by atoms with Crippen molar-refractivity contribution in [2.75, 3.05) is 0 Å². The zero-order chi connectivity index (χ0) is 18.0. The highest BCUT2D eigenvalue weighted by atomic mass is 127. The van der Waals surface area contributed by atoms with Crippen LogP contribution >= 0.6 is 34.2 Å². The molecule has 0 fully saturated rings. The number of hydrogen-bond acceptors (Lipinski definition) is 2. The molecular weight excluding hydrogens is 455 g/mol. The van der Waals surface area contributed by atoms with Gasteiger partial charge in [0.25, 0.3) is 0 Å². The molecule has 0 spiro atoms. The Morgan fingerprint density at radius 1 is 0.957 bits per heavy atom. The lowest BCUT2D eigenvalue weighted by Gasteiger charge is -2.38. The molecule has 23 heavy (non-hydrogen) atoms. The Labute approximate surface area is 162 Å². The van der Waals surface area contributed by atoms with Gasteiger partial charge in [0.05, 0.1) is 12.2 Å². The highest BCUT2D eigenvalue weighted by Crippen LogP contribution is 2.37. The smallest absolute Gasteiger partial charge is 0.184 e. The standard InChI is InChI=1S/C17H30ClIO2Si2/c1-12(2)16(20-22(3,4)5)17(21-23(6,7)8)14-10-9-13(19)11-15(14)18/h9-12,16-17H,1-8H3/t16-,17-/m1/s1. The first kappa shape index (κ1) is 21.6. The summed E-state index contributed by atoms with van der Waals surface area (Å²) in [5.41, 5.74) is 1.05. The molecule has 0 aromatic heterocycles. The van der Waals surface area contributed by atoms with Crippen LogP contribution in [-0.2, 0) is 8.85 Å². The Balaban J connectivity index is 3.31. The summed E-state index contributed by atoms with van der Waals surface area (Å²) in [5.74, 6) is 0.360. The quantitative estimate of drug-likeness (QED) is 0.316. The molecule has 0 unspecified atom stereocenters. The number of benzene rings is 1. The third-order valence-electron chi connectivity index (χ3n) is 3.19. The molecule has 0 saturated carbocycles. The second-order valence-electron chi connectivity index (χ2n) is 8.26. The van der Waals surface area contributed by atoms with Gasteiger partial charge in [-0.3, -0.25) is 0 Å². The second-order valence-corrected chi connectivity index (χ2v) is 18.8. The minimum absolute atomic E-state index is 0.0194. The predicted octanol–water partition coefficient (Wildman–Crippen LogP) is 6.71. The van der Waals surface area contributed by atoms with Crippen LogP contribution in [0.15, 0.2) is 18.2 Å². The lowest BCUT2D eigenvalue weighted by atomic mass is 9.96. The maximum Gasteiger partial charge on any atom is 0.184 e. The van der Waals surface area contributed by atoms with E-state index < -0.39 is 16.6 Å². The molecule has 0 N–H and O–H groups in total. The van der Waals surface area contributed by atoms with E-state index in [1.807, 2.05) is 6.07 Å². The second kappa shape index (κ2) is 8.32. The third-order valence-corrected chi connectivity index (χ3v) is 6.13. The summed E-state index contributed by atoms with van der Waals surface area (Å²) in [6, 6.07) is 6.19. The Morgan fingerprint density at radius 2 is 1.48 bits per heavy atom. The molecule has 2 nitrogen and oxygen atoms in total. The van der Waals surface area contributed by atoms with Crippen molar-refractivity contribution >= 4 is 50.8 Å². The van der Waals surface area contributed by atoms with Crippen molar-refractivity contribution in [3.8, 4) is 0 Å². The molecule has 1 aromatic carbocycles. The molecule has 132 valence electrons. The molecule has 2 atom stereocenters. The van der Waals surface area contributed by atoms with E-state index in [0.29, 0.717) is 5.92 Å². The van der Waals surface area contributed by atoms with E-state index in [1.165, 1.54) is 0 Å². The van der Waals surface area contributed by atoms with Gasteiger partial charge < -0.3 is 8.85 Å². The first-order chi connectivity index (χ1) is 10.3. The molecule has 0 amide bonds. The van der Waals surface area contributed by atoms with Gasteiger partial charge in [0, 0.05) is 14.2 Å². The Morgan fingerprint density at radius 3 is 1.87 bits per heavy atom. The highest BCUT2D eigenvalue weighted by molar-refractivity contribution is 14.1. The van der Waals surface area contributed by atoms with Crippen molar-refractivity contribution in [1.82, 2.24) is 0 Å². The fraction of sp³-hybridized carbons (Fsp3) is 0.647. The normalized spacial score (nSPS) is 15.8. The molecule has 0 heterocycles. The van der Waals surface area contributed by atoms with Crippen LogP contribution < -0.4 is 0 Å². The topological polar surface area (TPSA) is 18.5 Å². The van der Waals surface area contributed by atoms with Gasteiger partial charge in [-0.25, -0.2) is 0 Å². The van der Waals surface area contributed by atoms with Gasteiger partial charge in [0.15, 0.2) is 16.6 Å². The first-order valence-electron chi connectivity index (χ1n) is 8.11. The van der Waals surface area contributed by atoms with E-state index in [2.05, 4.69) is 87.9 Å². The summed E-state index contributed by atoms with van der Waals surface area (Å²) in [6.45, 7) is 17.7. The van der Waals surface area contributed by atoms with Crippen LogP contribution in [0, 0.1) is 9.49 Å². The van der Waals surface area contributed by atoms with Crippen molar-refractivity contribution in [3.05, 3.63) is 32.4 Å². The average molecular weight is 485 g/mol. The van der Waals surface area contributed by atoms with Gasteiger partial charge in [-0.1, -0.05) is 31.5 Å². The van der Waals surface area contributed by atoms with Gasteiger partial charge in [0.1, 0.15) is 0 Å². The van der Waals surface area contributed by atoms with E-state index in [1.54, 1.807) is 0 Å². The first-order valence-corrected chi connectivity index (χ1v) is 16.4. The summed E-state index contributed by atoms with van der Waals surface area (Å²) in [6.07, 6.45) is -0.0937. The van der Waals surface area contributed by atoms with Crippen LogP contribution in [0.5, 0.6) is 0 Å². The van der Waals surface area contributed by atoms with Crippen LogP contribution in [0.4, 0.5) is 0 Å². The summed E-state index contributed by atoms with van der Waals surface area (Å²) in [7, 11) is -3.44. The average Bonchev–Trinajstić information content (AvgIpc) is 2.31. The lowest BCUT2D eigenvalue weighted by molar-refractivity contribution is 0.0140. The largest absolute Gasteiger partial charge is 0.412 e. The van der Waals surface area contributed by atoms with Gasteiger partial charge in [-0.15, -0.1) is 0 Å². The maximum atomic E-state index is 6.56. The Hall–Kier alpha value is 0.594. The van der Waals surface area contributed by atoms with E-state index in [0.717, 1.165) is 14.2 Å². The number of hydrogen-bond donors (Lipinski definition) is 0. The molecule has 6 heteroatoms.